The molecule has 0 atom stereocenters. The summed E-state index contributed by atoms with van der Waals surface area (Å²) in [5.41, 5.74) is 0.980. The van der Waals surface area contributed by atoms with Gasteiger partial charge in [-0.05, 0) is 19.8 Å². The molecule has 100 valence electrons. The van der Waals surface area contributed by atoms with Gasteiger partial charge in [-0.25, -0.2) is 9.97 Å². The molecule has 0 spiro atoms. The predicted molar refractivity (Wildman–Crippen MR) is 72.6 cm³/mol. The van der Waals surface area contributed by atoms with Gasteiger partial charge < -0.3 is 10.1 Å². The summed E-state index contributed by atoms with van der Waals surface area (Å²) in [6.07, 6.45) is 8.06. The molecule has 1 N–H and O–H groups in total. The van der Waals surface area contributed by atoms with E-state index in [4.69, 9.17) is 4.74 Å². The molecule has 1 aromatic rings. The fourth-order valence-electron chi connectivity index (χ4n) is 2.42. The van der Waals surface area contributed by atoms with E-state index in [-0.39, 0.29) is 0 Å². The Morgan fingerprint density at radius 2 is 1.94 bits per heavy atom. The monoisotopic (exact) mass is 249 g/mol. The molecule has 18 heavy (non-hydrogen) atoms. The number of hydrogen-bond donors (Lipinski definition) is 1. The van der Waals surface area contributed by atoms with Crippen LogP contribution in [0.3, 0.4) is 0 Å². The van der Waals surface area contributed by atoms with Gasteiger partial charge in [0.2, 0.25) is 0 Å². The largest absolute Gasteiger partial charge is 0.373 e. The van der Waals surface area contributed by atoms with Crippen LogP contribution in [0, 0.1) is 6.92 Å². The van der Waals surface area contributed by atoms with Gasteiger partial charge >= 0.3 is 0 Å². The summed E-state index contributed by atoms with van der Waals surface area (Å²) in [4.78, 5) is 8.83. The Kier molecular flexibility index (Phi) is 4.93. The molecule has 4 heteroatoms. The Bertz CT molecular complexity index is 373. The molecule has 0 saturated heterocycles. The van der Waals surface area contributed by atoms with Crippen LogP contribution in [0.25, 0.3) is 0 Å². The second-order valence-electron chi connectivity index (χ2n) is 4.99. The third-order valence-electron chi connectivity index (χ3n) is 3.41. The van der Waals surface area contributed by atoms with E-state index in [0.29, 0.717) is 12.7 Å². The first-order valence-electron chi connectivity index (χ1n) is 6.92. The van der Waals surface area contributed by atoms with Crippen molar-refractivity contribution < 1.29 is 4.74 Å². The van der Waals surface area contributed by atoms with Crippen molar-refractivity contribution in [2.75, 3.05) is 12.4 Å². The molecule has 1 saturated carbocycles. The number of aromatic nitrogens is 2. The van der Waals surface area contributed by atoms with Gasteiger partial charge in [0.1, 0.15) is 12.4 Å². The lowest BCUT2D eigenvalue weighted by molar-refractivity contribution is 0.0273. The molecule has 0 radical (unpaired) electrons. The maximum absolute atomic E-state index is 5.95. The molecule has 1 heterocycles. The van der Waals surface area contributed by atoms with Gasteiger partial charge in [-0.1, -0.05) is 25.7 Å². The number of rotatable bonds is 4. The third-order valence-corrected chi connectivity index (χ3v) is 3.41. The molecule has 0 bridgehead atoms. The van der Waals surface area contributed by atoms with E-state index < -0.39 is 0 Å². The van der Waals surface area contributed by atoms with Gasteiger partial charge in [-0.3, -0.25) is 0 Å². The van der Waals surface area contributed by atoms with Crippen LogP contribution >= 0.6 is 0 Å². The lowest BCUT2D eigenvalue weighted by Crippen LogP contribution is -2.13. The van der Waals surface area contributed by atoms with Crippen molar-refractivity contribution in [1.82, 2.24) is 9.97 Å². The number of nitrogens with one attached hydrogen (secondary N) is 1. The van der Waals surface area contributed by atoms with Crippen molar-refractivity contribution in [3.05, 3.63) is 17.6 Å². The maximum Gasteiger partial charge on any atom is 0.156 e. The first-order valence-corrected chi connectivity index (χ1v) is 6.92. The summed E-state index contributed by atoms with van der Waals surface area (Å²) >= 11 is 0. The summed E-state index contributed by atoms with van der Waals surface area (Å²) in [6, 6.07) is 1.94. The Labute approximate surface area is 109 Å². The summed E-state index contributed by atoms with van der Waals surface area (Å²) in [7, 11) is 1.87. The highest BCUT2D eigenvalue weighted by molar-refractivity contribution is 5.34. The fourth-order valence-corrected chi connectivity index (χ4v) is 2.42. The molecule has 0 amide bonds. The Hall–Kier alpha value is -1.16. The zero-order chi connectivity index (χ0) is 12.8. The molecule has 0 aliphatic heterocycles. The maximum atomic E-state index is 5.95. The highest BCUT2D eigenvalue weighted by Crippen LogP contribution is 2.20. The van der Waals surface area contributed by atoms with Gasteiger partial charge in [-0.2, -0.15) is 0 Å². The number of nitrogens with zero attached hydrogens (tertiary/aromatic N) is 2. The molecule has 0 unspecified atom stereocenters. The van der Waals surface area contributed by atoms with E-state index in [1.54, 1.807) is 0 Å². The lowest BCUT2D eigenvalue weighted by atomic mass is 10.1. The first-order chi connectivity index (χ1) is 8.78. The molecule has 4 nitrogen and oxygen atoms in total. The smallest absolute Gasteiger partial charge is 0.156 e. The van der Waals surface area contributed by atoms with Crippen molar-refractivity contribution in [2.24, 2.45) is 0 Å². The number of aryl methyl sites for hydroxylation is 1. The Morgan fingerprint density at radius 3 is 2.61 bits per heavy atom. The zero-order valence-corrected chi connectivity index (χ0v) is 11.4. The highest BCUT2D eigenvalue weighted by Gasteiger charge is 2.13. The molecule has 2 rings (SSSR count). The fraction of sp³-hybridized carbons (Fsp3) is 0.714. The quantitative estimate of drug-likeness (QED) is 0.833. The average molecular weight is 249 g/mol. The van der Waals surface area contributed by atoms with E-state index in [1.807, 2.05) is 20.0 Å². The minimum absolute atomic E-state index is 0.398. The summed E-state index contributed by atoms with van der Waals surface area (Å²) in [5, 5.41) is 3.05. The van der Waals surface area contributed by atoms with E-state index in [9.17, 15) is 0 Å². The summed E-state index contributed by atoms with van der Waals surface area (Å²) < 4.78 is 5.95. The third kappa shape index (κ3) is 3.95. The van der Waals surface area contributed by atoms with Crippen molar-refractivity contribution in [3.8, 4) is 0 Å². The Balaban J connectivity index is 1.90. The summed E-state index contributed by atoms with van der Waals surface area (Å²) in [5.74, 6) is 1.64. The minimum Gasteiger partial charge on any atom is -0.373 e. The topological polar surface area (TPSA) is 47.0 Å². The molecule has 1 fully saturated rings. The van der Waals surface area contributed by atoms with Crippen molar-refractivity contribution in [1.29, 1.82) is 0 Å². The van der Waals surface area contributed by atoms with Crippen LogP contribution in [0.4, 0.5) is 5.82 Å². The van der Waals surface area contributed by atoms with Crippen LogP contribution in [0.15, 0.2) is 6.07 Å². The summed E-state index contributed by atoms with van der Waals surface area (Å²) in [6.45, 7) is 2.51. The lowest BCUT2D eigenvalue weighted by Gasteiger charge is -2.15. The van der Waals surface area contributed by atoms with Gasteiger partial charge in [0.15, 0.2) is 5.82 Å². The van der Waals surface area contributed by atoms with Crippen molar-refractivity contribution >= 4 is 5.82 Å². The van der Waals surface area contributed by atoms with E-state index in [0.717, 1.165) is 17.3 Å². The number of anilines is 1. The second kappa shape index (κ2) is 6.69. The van der Waals surface area contributed by atoms with E-state index in [1.165, 1.54) is 38.5 Å². The molecular formula is C14H23N3O. The van der Waals surface area contributed by atoms with E-state index >= 15 is 0 Å². The Morgan fingerprint density at radius 1 is 1.22 bits per heavy atom. The molecule has 1 aliphatic carbocycles. The van der Waals surface area contributed by atoms with Crippen LogP contribution in [-0.2, 0) is 11.3 Å². The van der Waals surface area contributed by atoms with Crippen LogP contribution in [0.5, 0.6) is 0 Å². The van der Waals surface area contributed by atoms with Gasteiger partial charge in [0.25, 0.3) is 0 Å². The van der Waals surface area contributed by atoms with Gasteiger partial charge in [-0.15, -0.1) is 0 Å². The second-order valence-corrected chi connectivity index (χ2v) is 4.99. The molecule has 1 aliphatic rings. The number of hydrogen-bond acceptors (Lipinski definition) is 4. The van der Waals surface area contributed by atoms with Gasteiger partial charge in [0, 0.05) is 18.8 Å². The zero-order valence-electron chi connectivity index (χ0n) is 11.4. The van der Waals surface area contributed by atoms with Crippen molar-refractivity contribution in [3.63, 3.8) is 0 Å². The van der Waals surface area contributed by atoms with Crippen LogP contribution in [0.2, 0.25) is 0 Å². The predicted octanol–water partition coefficient (Wildman–Crippen LogP) is 3.07. The standard InChI is InChI=1S/C14H23N3O/c1-11-9-13(15-2)17-14(16-11)10-18-12-7-5-3-4-6-8-12/h9,12H,3-8,10H2,1-2H3,(H,15,16,17). The highest BCUT2D eigenvalue weighted by atomic mass is 16.5. The molecule has 0 aromatic carbocycles. The van der Waals surface area contributed by atoms with Crippen LogP contribution in [-0.4, -0.2) is 23.1 Å². The first kappa shape index (κ1) is 13.3. The van der Waals surface area contributed by atoms with Crippen LogP contribution < -0.4 is 5.32 Å². The molecular weight excluding hydrogens is 226 g/mol. The average Bonchev–Trinajstić information content (AvgIpc) is 2.64. The van der Waals surface area contributed by atoms with E-state index in [2.05, 4.69) is 15.3 Å². The van der Waals surface area contributed by atoms with Crippen LogP contribution in [0.1, 0.15) is 50.0 Å². The molecule has 1 aromatic heterocycles. The normalized spacial score (nSPS) is 17.4. The number of ether oxygens (including phenoxy) is 1. The SMILES string of the molecule is CNc1cc(C)nc(COC2CCCCCC2)n1. The van der Waals surface area contributed by atoms with Gasteiger partial charge in [0.05, 0.1) is 6.10 Å². The minimum atomic E-state index is 0.398. The van der Waals surface area contributed by atoms with Crippen molar-refractivity contribution in [2.45, 2.75) is 58.2 Å².